The maximum absolute atomic E-state index is 6.19. The van der Waals surface area contributed by atoms with E-state index in [9.17, 15) is 0 Å². The van der Waals surface area contributed by atoms with E-state index < -0.39 is 0 Å². The number of benzene rings is 2. The Kier molecular flexibility index (Phi) is 3.52. The van der Waals surface area contributed by atoms with E-state index in [1.165, 1.54) is 5.56 Å². The standard InChI is InChI=1S/C17H19N3O/c1-13-6-5-7-14(12-13)21-11-10-20-16-9-4-3-8-15(16)19(2)17(20)18/h3-9,12,18H,10-11H2,1-2H3/p+1. The van der Waals surface area contributed by atoms with Crippen LogP contribution in [-0.2, 0) is 13.6 Å². The van der Waals surface area contributed by atoms with Crippen molar-refractivity contribution >= 4 is 17.0 Å². The Morgan fingerprint density at radius 1 is 1.14 bits per heavy atom. The molecule has 0 amide bonds. The summed E-state index contributed by atoms with van der Waals surface area (Å²) in [4.78, 5) is 0. The maximum Gasteiger partial charge on any atom is 0.355 e. The third kappa shape index (κ3) is 2.57. The van der Waals surface area contributed by atoms with Gasteiger partial charge in [-0.05, 0) is 36.8 Å². The summed E-state index contributed by atoms with van der Waals surface area (Å²) in [5, 5.41) is 0. The van der Waals surface area contributed by atoms with Crippen LogP contribution in [0.15, 0.2) is 48.5 Å². The van der Waals surface area contributed by atoms with Crippen molar-refractivity contribution in [2.45, 2.75) is 13.5 Å². The molecule has 0 radical (unpaired) electrons. The summed E-state index contributed by atoms with van der Waals surface area (Å²) < 4.78 is 9.91. The van der Waals surface area contributed by atoms with Crippen molar-refractivity contribution in [3.05, 3.63) is 54.1 Å². The van der Waals surface area contributed by atoms with E-state index in [1.807, 2.05) is 41.9 Å². The van der Waals surface area contributed by atoms with Gasteiger partial charge in [0.15, 0.2) is 0 Å². The molecule has 0 spiro atoms. The average molecular weight is 282 g/mol. The monoisotopic (exact) mass is 282 g/mol. The summed E-state index contributed by atoms with van der Waals surface area (Å²) in [6, 6.07) is 16.3. The molecule has 0 fully saturated rings. The van der Waals surface area contributed by atoms with E-state index >= 15 is 0 Å². The predicted molar refractivity (Wildman–Crippen MR) is 84.2 cm³/mol. The first kappa shape index (κ1) is 13.5. The summed E-state index contributed by atoms with van der Waals surface area (Å²) in [6.45, 7) is 3.37. The first-order chi connectivity index (χ1) is 10.2. The summed E-state index contributed by atoms with van der Waals surface area (Å²) in [5.41, 5.74) is 9.65. The lowest BCUT2D eigenvalue weighted by Crippen LogP contribution is -2.31. The van der Waals surface area contributed by atoms with E-state index in [4.69, 9.17) is 10.5 Å². The zero-order chi connectivity index (χ0) is 14.8. The second kappa shape index (κ2) is 5.48. The van der Waals surface area contributed by atoms with Gasteiger partial charge < -0.3 is 4.74 Å². The molecule has 0 aliphatic rings. The summed E-state index contributed by atoms with van der Waals surface area (Å²) >= 11 is 0. The highest BCUT2D eigenvalue weighted by Gasteiger charge is 2.17. The minimum Gasteiger partial charge on any atom is -0.490 e. The number of ether oxygens (including phenoxy) is 1. The van der Waals surface area contributed by atoms with Crippen molar-refractivity contribution in [1.82, 2.24) is 4.57 Å². The molecule has 1 aromatic heterocycles. The van der Waals surface area contributed by atoms with Gasteiger partial charge in [0, 0.05) is 0 Å². The normalized spacial score (nSPS) is 11.0. The Morgan fingerprint density at radius 3 is 2.76 bits per heavy atom. The van der Waals surface area contributed by atoms with Crippen molar-refractivity contribution < 1.29 is 9.30 Å². The van der Waals surface area contributed by atoms with Crippen LogP contribution in [0.5, 0.6) is 5.75 Å². The topological polar surface area (TPSA) is 44.1 Å². The van der Waals surface area contributed by atoms with Crippen molar-refractivity contribution in [3.8, 4) is 5.75 Å². The van der Waals surface area contributed by atoms with E-state index in [2.05, 4.69) is 29.7 Å². The van der Waals surface area contributed by atoms with Crippen molar-refractivity contribution in [2.75, 3.05) is 12.3 Å². The number of anilines is 1. The molecule has 21 heavy (non-hydrogen) atoms. The number of para-hydroxylation sites is 2. The first-order valence-corrected chi connectivity index (χ1v) is 7.09. The molecule has 0 aliphatic carbocycles. The fraction of sp³-hybridized carbons (Fsp3) is 0.235. The molecule has 0 unspecified atom stereocenters. The largest absolute Gasteiger partial charge is 0.490 e. The van der Waals surface area contributed by atoms with Crippen LogP contribution in [0.4, 0.5) is 5.95 Å². The Labute approximate surface area is 124 Å². The lowest BCUT2D eigenvalue weighted by atomic mass is 10.2. The molecule has 2 N–H and O–H groups in total. The molecular weight excluding hydrogens is 262 g/mol. The van der Waals surface area contributed by atoms with Crippen molar-refractivity contribution in [2.24, 2.45) is 7.05 Å². The molecule has 0 atom stereocenters. The summed E-state index contributed by atoms with van der Waals surface area (Å²) in [5.74, 6) is 1.64. The van der Waals surface area contributed by atoms with Gasteiger partial charge in [-0.25, -0.2) is 9.13 Å². The van der Waals surface area contributed by atoms with E-state index in [0.717, 1.165) is 29.3 Å². The van der Waals surface area contributed by atoms with Gasteiger partial charge in [-0.1, -0.05) is 24.3 Å². The van der Waals surface area contributed by atoms with Crippen molar-refractivity contribution in [3.63, 3.8) is 0 Å². The molecule has 0 aliphatic heterocycles. The highest BCUT2D eigenvalue weighted by atomic mass is 16.5. The SMILES string of the molecule is Cc1cccc(OCCn2c(N)[n+](C)c3ccccc32)c1. The number of nitrogens with two attached hydrogens (primary N) is 1. The number of fused-ring (bicyclic) bond motifs is 1. The van der Waals surface area contributed by atoms with E-state index in [1.54, 1.807) is 0 Å². The molecule has 0 bridgehead atoms. The van der Waals surface area contributed by atoms with Crippen LogP contribution < -0.4 is 15.0 Å². The molecule has 3 aromatic rings. The average Bonchev–Trinajstić information content (AvgIpc) is 2.73. The Hall–Kier alpha value is -2.49. The molecule has 0 saturated heterocycles. The fourth-order valence-corrected chi connectivity index (χ4v) is 2.60. The third-order valence-electron chi connectivity index (χ3n) is 3.73. The van der Waals surface area contributed by atoms with Gasteiger partial charge in [-0.15, -0.1) is 0 Å². The molecule has 108 valence electrons. The van der Waals surface area contributed by atoms with Gasteiger partial charge in [-0.3, -0.25) is 5.73 Å². The molecule has 2 aromatic carbocycles. The smallest absolute Gasteiger partial charge is 0.355 e. The molecule has 4 heteroatoms. The second-order valence-corrected chi connectivity index (χ2v) is 5.22. The zero-order valence-electron chi connectivity index (χ0n) is 12.4. The number of nitrogen functional groups attached to an aromatic ring is 1. The first-order valence-electron chi connectivity index (χ1n) is 7.09. The Bertz CT molecular complexity index is 777. The van der Waals surface area contributed by atoms with Gasteiger partial charge >= 0.3 is 5.95 Å². The van der Waals surface area contributed by atoms with Crippen LogP contribution >= 0.6 is 0 Å². The van der Waals surface area contributed by atoms with Gasteiger partial charge in [0.2, 0.25) is 0 Å². The summed E-state index contributed by atoms with van der Waals surface area (Å²) in [7, 11) is 1.98. The molecule has 1 heterocycles. The lowest BCUT2D eigenvalue weighted by molar-refractivity contribution is -0.630. The number of aromatic nitrogens is 2. The van der Waals surface area contributed by atoms with Gasteiger partial charge in [0.1, 0.15) is 29.9 Å². The Morgan fingerprint density at radius 2 is 1.95 bits per heavy atom. The molecule has 4 nitrogen and oxygen atoms in total. The second-order valence-electron chi connectivity index (χ2n) is 5.22. The maximum atomic E-state index is 6.19. The molecule has 0 saturated carbocycles. The van der Waals surface area contributed by atoms with E-state index in [-0.39, 0.29) is 0 Å². The molecular formula is C17H20N3O+. The number of imidazole rings is 1. The van der Waals surface area contributed by atoms with Crippen LogP contribution in [0.1, 0.15) is 5.56 Å². The third-order valence-corrected chi connectivity index (χ3v) is 3.73. The highest BCUT2D eigenvalue weighted by Crippen LogP contribution is 2.16. The van der Waals surface area contributed by atoms with Gasteiger partial charge in [-0.2, -0.15) is 0 Å². The highest BCUT2D eigenvalue weighted by molar-refractivity contribution is 5.73. The van der Waals surface area contributed by atoms with Crippen LogP contribution in [0.2, 0.25) is 0 Å². The van der Waals surface area contributed by atoms with Crippen LogP contribution in [0.25, 0.3) is 11.0 Å². The molecule has 3 rings (SSSR count). The quantitative estimate of drug-likeness (QED) is 0.747. The van der Waals surface area contributed by atoms with Crippen LogP contribution in [-0.4, -0.2) is 11.2 Å². The van der Waals surface area contributed by atoms with Crippen LogP contribution in [0.3, 0.4) is 0 Å². The summed E-state index contributed by atoms with van der Waals surface area (Å²) in [6.07, 6.45) is 0. The van der Waals surface area contributed by atoms with Gasteiger partial charge in [0.05, 0.1) is 7.05 Å². The predicted octanol–water partition coefficient (Wildman–Crippen LogP) is 2.44. The number of hydrogen-bond acceptors (Lipinski definition) is 2. The minimum absolute atomic E-state index is 0.590. The minimum atomic E-state index is 0.590. The van der Waals surface area contributed by atoms with Gasteiger partial charge in [0.25, 0.3) is 0 Å². The number of rotatable bonds is 4. The van der Waals surface area contributed by atoms with Crippen LogP contribution in [0, 0.1) is 6.92 Å². The fourth-order valence-electron chi connectivity index (χ4n) is 2.60. The number of hydrogen-bond donors (Lipinski definition) is 1. The van der Waals surface area contributed by atoms with E-state index in [0.29, 0.717) is 6.61 Å². The lowest BCUT2D eigenvalue weighted by Gasteiger charge is -2.06. The zero-order valence-corrected chi connectivity index (χ0v) is 12.4. The number of nitrogens with zero attached hydrogens (tertiary/aromatic N) is 2. The number of aryl methyl sites for hydroxylation is 2. The van der Waals surface area contributed by atoms with Crippen molar-refractivity contribution in [1.29, 1.82) is 0 Å². The Balaban J connectivity index is 1.78.